The van der Waals surface area contributed by atoms with Crippen molar-refractivity contribution in [2.75, 3.05) is 33.8 Å². The van der Waals surface area contributed by atoms with Gasteiger partial charge in [-0.15, -0.1) is 34.2 Å². The quantitative estimate of drug-likeness (QED) is 0.263. The number of hydrogen-bond acceptors (Lipinski definition) is 4. The van der Waals surface area contributed by atoms with Crippen molar-refractivity contribution in [3.63, 3.8) is 0 Å². The van der Waals surface area contributed by atoms with Crippen molar-refractivity contribution in [2.24, 2.45) is 4.99 Å². The minimum atomic E-state index is 0. The van der Waals surface area contributed by atoms with Crippen molar-refractivity contribution in [3.05, 3.63) is 42.5 Å². The van der Waals surface area contributed by atoms with E-state index < -0.39 is 0 Å². The van der Waals surface area contributed by atoms with Crippen LogP contribution in [0, 0.1) is 6.92 Å². The number of nitrogens with zero attached hydrogens (tertiary/aromatic N) is 5. The van der Waals surface area contributed by atoms with Crippen molar-refractivity contribution in [2.45, 2.75) is 26.3 Å². The molecule has 0 amide bonds. The van der Waals surface area contributed by atoms with E-state index in [0.717, 1.165) is 44.2 Å². The van der Waals surface area contributed by atoms with E-state index >= 15 is 0 Å². The van der Waals surface area contributed by atoms with Crippen LogP contribution in [-0.4, -0.2) is 59.4 Å². The van der Waals surface area contributed by atoms with E-state index in [1.165, 1.54) is 5.56 Å². The molecule has 0 aliphatic heterocycles. The Bertz CT molecular complexity index is 630. The predicted octanol–water partition coefficient (Wildman–Crippen LogP) is 2.57. The Kier molecular flexibility index (Phi) is 10.7. The summed E-state index contributed by atoms with van der Waals surface area (Å²) in [5.74, 6) is 1.78. The van der Waals surface area contributed by atoms with Crippen LogP contribution in [0.3, 0.4) is 0 Å². The van der Waals surface area contributed by atoms with Crippen LogP contribution in [0.25, 0.3) is 0 Å². The molecule has 0 aliphatic carbocycles. The predicted molar refractivity (Wildman–Crippen MR) is 115 cm³/mol. The maximum atomic E-state index is 5.77. The van der Waals surface area contributed by atoms with Gasteiger partial charge in [0.25, 0.3) is 0 Å². The van der Waals surface area contributed by atoms with Crippen LogP contribution in [-0.2, 0) is 6.54 Å². The zero-order valence-corrected chi connectivity index (χ0v) is 18.1. The number of benzene rings is 1. The van der Waals surface area contributed by atoms with Crippen LogP contribution >= 0.6 is 24.0 Å². The first-order valence-electron chi connectivity index (χ1n) is 8.62. The second kappa shape index (κ2) is 12.5. The molecule has 0 fully saturated rings. The van der Waals surface area contributed by atoms with E-state index in [1.54, 1.807) is 19.7 Å². The van der Waals surface area contributed by atoms with Crippen molar-refractivity contribution in [3.8, 4) is 5.75 Å². The van der Waals surface area contributed by atoms with E-state index in [9.17, 15) is 0 Å². The molecule has 0 bridgehead atoms. The number of rotatable bonds is 9. The number of ether oxygens (including phenoxy) is 1. The SMILES string of the molecule is CN=C(NCCCCn1cnnc1)N(C)CCOc1ccc(C)cc1.I. The smallest absolute Gasteiger partial charge is 0.193 e. The maximum absolute atomic E-state index is 5.77. The summed E-state index contributed by atoms with van der Waals surface area (Å²) < 4.78 is 7.76. The third-order valence-electron chi connectivity index (χ3n) is 3.88. The third kappa shape index (κ3) is 8.03. The molecule has 1 aromatic carbocycles. The summed E-state index contributed by atoms with van der Waals surface area (Å²) in [7, 11) is 3.82. The minimum Gasteiger partial charge on any atom is -0.492 e. The Labute approximate surface area is 172 Å². The monoisotopic (exact) mass is 472 g/mol. The number of aromatic nitrogens is 3. The highest BCUT2D eigenvalue weighted by molar-refractivity contribution is 14.0. The van der Waals surface area contributed by atoms with Crippen LogP contribution in [0.2, 0.25) is 0 Å². The number of aryl methyl sites for hydroxylation is 2. The Hall–Kier alpha value is -1.84. The molecule has 2 aromatic rings. The van der Waals surface area contributed by atoms with Gasteiger partial charge in [0, 0.05) is 27.2 Å². The van der Waals surface area contributed by atoms with E-state index in [1.807, 2.05) is 23.7 Å². The summed E-state index contributed by atoms with van der Waals surface area (Å²) in [4.78, 5) is 6.40. The minimum absolute atomic E-state index is 0. The van der Waals surface area contributed by atoms with Gasteiger partial charge in [-0.25, -0.2) is 0 Å². The van der Waals surface area contributed by atoms with Crippen LogP contribution in [0.4, 0.5) is 0 Å². The van der Waals surface area contributed by atoms with Gasteiger partial charge in [0.1, 0.15) is 25.0 Å². The summed E-state index contributed by atoms with van der Waals surface area (Å²) in [5, 5.41) is 11.0. The molecule has 0 saturated carbocycles. The number of unbranched alkanes of at least 4 members (excludes halogenated alkanes) is 1. The van der Waals surface area contributed by atoms with Crippen molar-refractivity contribution in [1.29, 1.82) is 0 Å². The lowest BCUT2D eigenvalue weighted by Crippen LogP contribution is -2.41. The molecule has 2 rings (SSSR count). The number of aliphatic imine (C=N–C) groups is 1. The molecular weight excluding hydrogens is 443 g/mol. The van der Waals surface area contributed by atoms with Gasteiger partial charge in [-0.2, -0.15) is 0 Å². The van der Waals surface area contributed by atoms with E-state index in [-0.39, 0.29) is 24.0 Å². The van der Waals surface area contributed by atoms with E-state index in [0.29, 0.717) is 6.61 Å². The molecule has 144 valence electrons. The van der Waals surface area contributed by atoms with Gasteiger partial charge in [0.2, 0.25) is 0 Å². The molecule has 0 spiro atoms. The summed E-state index contributed by atoms with van der Waals surface area (Å²) in [6.07, 6.45) is 5.62. The summed E-state index contributed by atoms with van der Waals surface area (Å²) in [5.41, 5.74) is 1.23. The zero-order chi connectivity index (χ0) is 17.9. The lowest BCUT2D eigenvalue weighted by molar-refractivity contribution is 0.281. The van der Waals surface area contributed by atoms with Gasteiger partial charge in [-0.3, -0.25) is 4.99 Å². The molecule has 26 heavy (non-hydrogen) atoms. The van der Waals surface area contributed by atoms with Gasteiger partial charge < -0.3 is 19.5 Å². The largest absolute Gasteiger partial charge is 0.492 e. The normalized spacial score (nSPS) is 11.0. The second-order valence-corrected chi connectivity index (χ2v) is 5.96. The van der Waals surface area contributed by atoms with Crippen molar-refractivity contribution >= 4 is 29.9 Å². The lowest BCUT2D eigenvalue weighted by atomic mass is 10.2. The molecular formula is C18H29IN6O. The van der Waals surface area contributed by atoms with Gasteiger partial charge in [-0.1, -0.05) is 17.7 Å². The van der Waals surface area contributed by atoms with Crippen molar-refractivity contribution in [1.82, 2.24) is 25.0 Å². The van der Waals surface area contributed by atoms with Gasteiger partial charge in [0.15, 0.2) is 5.96 Å². The highest BCUT2D eigenvalue weighted by Gasteiger charge is 2.05. The first-order valence-corrected chi connectivity index (χ1v) is 8.62. The fourth-order valence-corrected chi connectivity index (χ4v) is 2.38. The Balaban J connectivity index is 0.00000338. The van der Waals surface area contributed by atoms with Crippen LogP contribution in [0.1, 0.15) is 18.4 Å². The number of nitrogens with one attached hydrogen (secondary N) is 1. The molecule has 8 heteroatoms. The average molecular weight is 472 g/mol. The van der Waals surface area contributed by atoms with Gasteiger partial charge >= 0.3 is 0 Å². The van der Waals surface area contributed by atoms with Gasteiger partial charge in [0.05, 0.1) is 6.54 Å². The molecule has 0 saturated heterocycles. The first-order chi connectivity index (χ1) is 12.2. The Morgan fingerprint density at radius 1 is 1.19 bits per heavy atom. The standard InChI is InChI=1S/C18H28N6O.HI/c1-16-6-8-17(9-7-16)25-13-12-23(3)18(19-2)20-10-4-5-11-24-14-21-22-15-24;/h6-9,14-15H,4-5,10-13H2,1-3H3,(H,19,20);1H. The van der Waals surface area contributed by atoms with Crippen LogP contribution < -0.4 is 10.1 Å². The highest BCUT2D eigenvalue weighted by atomic mass is 127. The highest BCUT2D eigenvalue weighted by Crippen LogP contribution is 2.11. The molecule has 0 radical (unpaired) electrons. The Morgan fingerprint density at radius 2 is 1.88 bits per heavy atom. The average Bonchev–Trinajstić information content (AvgIpc) is 3.13. The molecule has 1 N–H and O–H groups in total. The topological polar surface area (TPSA) is 67.6 Å². The van der Waals surface area contributed by atoms with Crippen LogP contribution in [0.15, 0.2) is 41.9 Å². The molecule has 0 unspecified atom stereocenters. The van der Waals surface area contributed by atoms with Gasteiger partial charge in [-0.05, 0) is 31.9 Å². The number of likely N-dealkylation sites (N-methyl/N-ethyl adjacent to an activating group) is 1. The molecule has 1 aromatic heterocycles. The zero-order valence-electron chi connectivity index (χ0n) is 15.8. The molecule has 0 atom stereocenters. The number of hydrogen-bond donors (Lipinski definition) is 1. The molecule has 0 aliphatic rings. The Morgan fingerprint density at radius 3 is 2.54 bits per heavy atom. The third-order valence-corrected chi connectivity index (χ3v) is 3.88. The number of halogens is 1. The maximum Gasteiger partial charge on any atom is 0.193 e. The molecule has 1 heterocycles. The summed E-state index contributed by atoms with van der Waals surface area (Å²) in [6.45, 7) is 5.28. The van der Waals surface area contributed by atoms with Crippen LogP contribution in [0.5, 0.6) is 5.75 Å². The first kappa shape index (κ1) is 22.2. The summed E-state index contributed by atoms with van der Waals surface area (Å²) in [6, 6.07) is 8.11. The number of guanidine groups is 1. The lowest BCUT2D eigenvalue weighted by Gasteiger charge is -2.22. The van der Waals surface area contributed by atoms with E-state index in [4.69, 9.17) is 4.74 Å². The van der Waals surface area contributed by atoms with E-state index in [2.05, 4.69) is 44.5 Å². The second-order valence-electron chi connectivity index (χ2n) is 5.96. The summed E-state index contributed by atoms with van der Waals surface area (Å²) >= 11 is 0. The fraction of sp³-hybridized carbons (Fsp3) is 0.500. The van der Waals surface area contributed by atoms with Crippen molar-refractivity contribution < 1.29 is 4.74 Å². The fourth-order valence-electron chi connectivity index (χ4n) is 2.38. The molecule has 7 nitrogen and oxygen atoms in total.